The van der Waals surface area contributed by atoms with Gasteiger partial charge in [0.05, 0.1) is 11.6 Å². The van der Waals surface area contributed by atoms with Crippen molar-refractivity contribution in [2.24, 2.45) is 0 Å². The number of benzene rings is 2. The van der Waals surface area contributed by atoms with Gasteiger partial charge in [-0.1, -0.05) is 32.0 Å². The van der Waals surface area contributed by atoms with Gasteiger partial charge >= 0.3 is 0 Å². The Bertz CT molecular complexity index is 1090. The lowest BCUT2D eigenvalue weighted by molar-refractivity contribution is -0.136. The van der Waals surface area contributed by atoms with E-state index in [1.807, 2.05) is 56.3 Å². The minimum atomic E-state index is -0.166. The van der Waals surface area contributed by atoms with Gasteiger partial charge in [-0.3, -0.25) is 4.79 Å². The van der Waals surface area contributed by atoms with Crippen LogP contribution in [0.5, 0.6) is 11.5 Å². The molecule has 0 unspecified atom stereocenters. The van der Waals surface area contributed by atoms with Crippen molar-refractivity contribution in [3.05, 3.63) is 58.4 Å². The second-order valence-corrected chi connectivity index (χ2v) is 9.89. The van der Waals surface area contributed by atoms with Gasteiger partial charge in [0, 0.05) is 11.6 Å². The van der Waals surface area contributed by atoms with Crippen molar-refractivity contribution in [1.82, 2.24) is 15.0 Å². The summed E-state index contributed by atoms with van der Waals surface area (Å²) in [7, 11) is 1.61. The molecule has 176 valence electrons. The fraction of sp³-hybridized carbons (Fsp3) is 0.400. The van der Waals surface area contributed by atoms with Crippen LogP contribution in [-0.2, 0) is 16.8 Å². The van der Waals surface area contributed by atoms with E-state index >= 15 is 0 Å². The number of rotatable bonds is 8. The van der Waals surface area contributed by atoms with E-state index in [0.717, 1.165) is 15.8 Å². The first-order valence-electron chi connectivity index (χ1n) is 10.8. The molecule has 3 aromatic rings. The summed E-state index contributed by atoms with van der Waals surface area (Å²) in [6, 6.07) is 13.2. The van der Waals surface area contributed by atoms with E-state index < -0.39 is 0 Å². The molecule has 0 N–H and O–H groups in total. The Morgan fingerprint density at radius 1 is 1.15 bits per heavy atom. The molecule has 0 saturated heterocycles. The van der Waals surface area contributed by atoms with Gasteiger partial charge in [0.2, 0.25) is 11.7 Å². The van der Waals surface area contributed by atoms with Crippen LogP contribution in [0.1, 0.15) is 46.1 Å². The minimum absolute atomic E-state index is 0.0278. The molecule has 8 heteroatoms. The zero-order valence-electron chi connectivity index (χ0n) is 19.9. The summed E-state index contributed by atoms with van der Waals surface area (Å²) in [5.41, 5.74) is 2.01. The van der Waals surface area contributed by atoms with Crippen molar-refractivity contribution in [2.75, 3.05) is 13.7 Å². The van der Waals surface area contributed by atoms with Gasteiger partial charge in [-0.15, -0.1) is 0 Å². The predicted octanol–water partition coefficient (Wildman–Crippen LogP) is 5.62. The average Bonchev–Trinajstić information content (AvgIpc) is 3.24. The third-order valence-electron chi connectivity index (χ3n) is 5.21. The number of hydrogen-bond acceptors (Lipinski definition) is 6. The quantitative estimate of drug-likeness (QED) is 0.387. The number of aromatic nitrogens is 2. The molecule has 3 rings (SSSR count). The highest BCUT2D eigenvalue weighted by atomic mass is 79.9. The zero-order valence-corrected chi connectivity index (χ0v) is 21.5. The number of methoxy groups -OCH3 is 1. The van der Waals surface area contributed by atoms with Gasteiger partial charge in [-0.2, -0.15) is 4.98 Å². The van der Waals surface area contributed by atoms with Crippen LogP contribution in [0, 0.1) is 0 Å². The van der Waals surface area contributed by atoms with E-state index in [1.165, 1.54) is 5.56 Å². The maximum Gasteiger partial charge on any atom is 0.261 e. The number of hydrogen-bond donors (Lipinski definition) is 0. The molecule has 0 radical (unpaired) electrons. The third-order valence-corrected chi connectivity index (χ3v) is 5.83. The lowest BCUT2D eigenvalue weighted by atomic mass is 9.87. The smallest absolute Gasteiger partial charge is 0.261 e. The molecule has 0 fully saturated rings. The molecule has 0 spiro atoms. The van der Waals surface area contributed by atoms with Crippen LogP contribution in [0.4, 0.5) is 0 Å². The molecule has 0 bridgehead atoms. The average molecular weight is 516 g/mol. The number of halogens is 1. The summed E-state index contributed by atoms with van der Waals surface area (Å²) < 4.78 is 17.2. The molecule has 0 atom stereocenters. The number of carbonyl (C=O) groups is 1. The van der Waals surface area contributed by atoms with E-state index in [1.54, 1.807) is 12.0 Å². The summed E-state index contributed by atoms with van der Waals surface area (Å²) in [5.74, 6) is 2.03. The summed E-state index contributed by atoms with van der Waals surface area (Å²) in [4.78, 5) is 19.0. The van der Waals surface area contributed by atoms with E-state index in [0.29, 0.717) is 17.5 Å². The molecular weight excluding hydrogens is 486 g/mol. The van der Waals surface area contributed by atoms with Crippen molar-refractivity contribution in [3.63, 3.8) is 0 Å². The highest BCUT2D eigenvalue weighted by molar-refractivity contribution is 9.10. The van der Waals surface area contributed by atoms with Crippen LogP contribution in [0.2, 0.25) is 0 Å². The molecule has 7 nitrogen and oxygen atoms in total. The molecular formula is C25H30BrN3O4. The molecule has 1 aromatic heterocycles. The fourth-order valence-electron chi connectivity index (χ4n) is 3.19. The molecule has 2 aromatic carbocycles. The molecule has 0 aliphatic carbocycles. The molecule has 1 heterocycles. The molecule has 1 amide bonds. The highest BCUT2D eigenvalue weighted by Gasteiger charge is 2.22. The van der Waals surface area contributed by atoms with Gasteiger partial charge in [-0.25, -0.2) is 0 Å². The van der Waals surface area contributed by atoms with E-state index in [2.05, 4.69) is 46.8 Å². The second kappa shape index (κ2) is 10.4. The lowest BCUT2D eigenvalue weighted by Gasteiger charge is -2.25. The monoisotopic (exact) mass is 515 g/mol. The van der Waals surface area contributed by atoms with E-state index in [-0.39, 0.29) is 30.5 Å². The largest absolute Gasteiger partial charge is 0.497 e. The first-order valence-corrected chi connectivity index (χ1v) is 11.6. The molecule has 0 aliphatic rings. The van der Waals surface area contributed by atoms with Crippen LogP contribution in [0.25, 0.3) is 11.4 Å². The Morgan fingerprint density at radius 2 is 1.85 bits per heavy atom. The van der Waals surface area contributed by atoms with Gasteiger partial charge in [0.25, 0.3) is 5.91 Å². The molecule has 0 aliphatic heterocycles. The van der Waals surface area contributed by atoms with Crippen molar-refractivity contribution >= 4 is 21.8 Å². The lowest BCUT2D eigenvalue weighted by Crippen LogP contribution is -2.39. The Kier molecular flexibility index (Phi) is 7.79. The Labute approximate surface area is 203 Å². The van der Waals surface area contributed by atoms with Crippen LogP contribution in [-0.4, -0.2) is 40.7 Å². The number of nitrogens with zero attached hydrogens (tertiary/aromatic N) is 3. The van der Waals surface area contributed by atoms with Crippen molar-refractivity contribution in [3.8, 4) is 22.9 Å². The van der Waals surface area contributed by atoms with Crippen molar-refractivity contribution in [2.45, 2.75) is 52.6 Å². The maximum atomic E-state index is 12.9. The van der Waals surface area contributed by atoms with Gasteiger partial charge in [0.1, 0.15) is 18.0 Å². The fourth-order valence-corrected chi connectivity index (χ4v) is 3.68. The minimum Gasteiger partial charge on any atom is -0.497 e. The highest BCUT2D eigenvalue weighted by Crippen LogP contribution is 2.31. The van der Waals surface area contributed by atoms with Gasteiger partial charge < -0.3 is 18.9 Å². The Hall–Kier alpha value is -2.87. The van der Waals surface area contributed by atoms with Crippen LogP contribution in [0.3, 0.4) is 0 Å². The topological polar surface area (TPSA) is 77.7 Å². The summed E-state index contributed by atoms with van der Waals surface area (Å²) in [6.07, 6.45) is 0. The zero-order chi connectivity index (χ0) is 24.2. The summed E-state index contributed by atoms with van der Waals surface area (Å²) in [5, 5.41) is 4.04. The van der Waals surface area contributed by atoms with Gasteiger partial charge in [-0.05, 0) is 77.2 Å². The van der Waals surface area contributed by atoms with Crippen LogP contribution >= 0.6 is 15.9 Å². The second-order valence-electron chi connectivity index (χ2n) is 9.04. The third kappa shape index (κ3) is 6.35. The summed E-state index contributed by atoms with van der Waals surface area (Å²) >= 11 is 3.55. The Balaban J connectivity index is 1.66. The van der Waals surface area contributed by atoms with Crippen molar-refractivity contribution < 1.29 is 18.8 Å². The van der Waals surface area contributed by atoms with Gasteiger partial charge in [0.15, 0.2) is 6.61 Å². The maximum absolute atomic E-state index is 12.9. The number of amides is 1. The number of carbonyl (C=O) groups excluding carboxylic acids is 1. The SMILES string of the molecule is COc1ccc(-c2noc(CN(C(=O)COc3ccc(C(C)(C)C)cc3Br)C(C)C)n2)cc1. The number of ether oxygens (including phenoxy) is 2. The van der Waals surface area contributed by atoms with Crippen molar-refractivity contribution in [1.29, 1.82) is 0 Å². The van der Waals surface area contributed by atoms with Crippen LogP contribution < -0.4 is 9.47 Å². The summed E-state index contributed by atoms with van der Waals surface area (Å²) in [6.45, 7) is 10.4. The normalized spacial score (nSPS) is 11.5. The van der Waals surface area contributed by atoms with E-state index in [4.69, 9.17) is 14.0 Å². The Morgan fingerprint density at radius 3 is 2.42 bits per heavy atom. The first kappa shape index (κ1) is 24.8. The first-order chi connectivity index (χ1) is 15.6. The molecule has 33 heavy (non-hydrogen) atoms. The van der Waals surface area contributed by atoms with E-state index in [9.17, 15) is 4.79 Å². The standard InChI is InChI=1S/C25H30BrN3O4/c1-16(2)29(14-22-27-24(28-33-22)17-7-10-19(31-6)11-8-17)23(30)15-32-21-12-9-18(13-20(21)26)25(3,4)5/h7-13,16H,14-15H2,1-6H3. The molecule has 0 saturated carbocycles. The van der Waals surface area contributed by atoms with Crippen LogP contribution in [0.15, 0.2) is 51.5 Å². The predicted molar refractivity (Wildman–Crippen MR) is 130 cm³/mol.